The Bertz CT molecular complexity index is 631. The minimum Gasteiger partial charge on any atom is -0.323 e. The molecule has 1 aromatic carbocycles. The first-order valence-corrected chi connectivity index (χ1v) is 6.49. The molecule has 0 unspecified atom stereocenters. The lowest BCUT2D eigenvalue weighted by Gasteiger charge is -2.19. The van der Waals surface area contributed by atoms with Crippen molar-refractivity contribution in [2.75, 3.05) is 11.4 Å². The summed E-state index contributed by atoms with van der Waals surface area (Å²) in [7, 11) is 0. The summed E-state index contributed by atoms with van der Waals surface area (Å²) in [4.78, 5) is 5.77. The van der Waals surface area contributed by atoms with Crippen LogP contribution in [0.1, 0.15) is 11.1 Å². The third kappa shape index (κ3) is 2.06. The molecule has 0 radical (unpaired) electrons. The van der Waals surface area contributed by atoms with Crippen molar-refractivity contribution < 1.29 is 8.78 Å². The van der Waals surface area contributed by atoms with Gasteiger partial charge in [0.25, 0.3) is 0 Å². The standard InChI is InChI=1S/C14H11ClF2N2/c15-8-10-3-5-18-14(13(10)17)19-6-4-9-1-2-11(16)7-12(9)19/h1-3,5,7H,4,6,8H2. The van der Waals surface area contributed by atoms with Gasteiger partial charge in [-0.05, 0) is 30.2 Å². The van der Waals surface area contributed by atoms with Crippen LogP contribution in [0.4, 0.5) is 20.3 Å². The van der Waals surface area contributed by atoms with Crippen LogP contribution in [-0.4, -0.2) is 11.5 Å². The van der Waals surface area contributed by atoms with E-state index in [-0.39, 0.29) is 17.5 Å². The van der Waals surface area contributed by atoms with Gasteiger partial charge in [-0.3, -0.25) is 0 Å². The molecule has 1 aromatic heterocycles. The van der Waals surface area contributed by atoms with Gasteiger partial charge in [-0.2, -0.15) is 0 Å². The number of anilines is 2. The molecule has 0 saturated heterocycles. The fourth-order valence-corrected chi connectivity index (χ4v) is 2.54. The van der Waals surface area contributed by atoms with Gasteiger partial charge < -0.3 is 4.90 Å². The molecule has 0 amide bonds. The Morgan fingerprint density at radius 1 is 1.26 bits per heavy atom. The number of nitrogens with zero attached hydrogens (tertiary/aromatic N) is 2. The fourth-order valence-electron chi connectivity index (χ4n) is 2.34. The third-order valence-electron chi connectivity index (χ3n) is 3.29. The first-order chi connectivity index (χ1) is 9.20. The molecular weight excluding hydrogens is 270 g/mol. The molecule has 0 fully saturated rings. The van der Waals surface area contributed by atoms with Gasteiger partial charge in [0.15, 0.2) is 11.6 Å². The molecule has 1 aliphatic heterocycles. The Kier molecular flexibility index (Phi) is 3.11. The van der Waals surface area contributed by atoms with E-state index in [0.29, 0.717) is 17.8 Å². The molecule has 0 saturated carbocycles. The van der Waals surface area contributed by atoms with Crippen LogP contribution in [0.15, 0.2) is 30.5 Å². The number of hydrogen-bond acceptors (Lipinski definition) is 2. The maximum absolute atomic E-state index is 14.2. The van der Waals surface area contributed by atoms with Crippen molar-refractivity contribution in [3.63, 3.8) is 0 Å². The Morgan fingerprint density at radius 2 is 2.11 bits per heavy atom. The lowest BCUT2D eigenvalue weighted by Crippen LogP contribution is -2.17. The molecule has 2 nitrogen and oxygen atoms in total. The van der Waals surface area contributed by atoms with Crippen molar-refractivity contribution >= 4 is 23.1 Å². The van der Waals surface area contributed by atoms with Crippen molar-refractivity contribution in [1.29, 1.82) is 0 Å². The lowest BCUT2D eigenvalue weighted by molar-refractivity contribution is 0.608. The predicted molar refractivity (Wildman–Crippen MR) is 70.9 cm³/mol. The van der Waals surface area contributed by atoms with E-state index in [1.165, 1.54) is 18.3 Å². The first kappa shape index (κ1) is 12.4. The second kappa shape index (κ2) is 4.78. The van der Waals surface area contributed by atoms with E-state index in [0.717, 1.165) is 12.0 Å². The Labute approximate surface area is 114 Å². The molecule has 19 heavy (non-hydrogen) atoms. The number of rotatable bonds is 2. The molecule has 2 heterocycles. The summed E-state index contributed by atoms with van der Waals surface area (Å²) in [5.41, 5.74) is 2.08. The SMILES string of the molecule is Fc1ccc2c(c1)N(c1nccc(CCl)c1F)CC2. The quantitative estimate of drug-likeness (QED) is 0.778. The normalized spacial score (nSPS) is 13.7. The number of benzene rings is 1. The topological polar surface area (TPSA) is 16.1 Å². The van der Waals surface area contributed by atoms with Crippen LogP contribution in [0, 0.1) is 11.6 Å². The summed E-state index contributed by atoms with van der Waals surface area (Å²) < 4.78 is 27.6. The van der Waals surface area contributed by atoms with E-state index in [1.807, 2.05) is 0 Å². The molecule has 2 aromatic rings. The zero-order chi connectivity index (χ0) is 13.4. The molecule has 0 atom stereocenters. The number of hydrogen-bond donors (Lipinski definition) is 0. The monoisotopic (exact) mass is 280 g/mol. The number of aromatic nitrogens is 1. The minimum absolute atomic E-state index is 0.0885. The van der Waals surface area contributed by atoms with Gasteiger partial charge in [0.2, 0.25) is 0 Å². The molecule has 0 spiro atoms. The van der Waals surface area contributed by atoms with Crippen LogP contribution in [-0.2, 0) is 12.3 Å². The highest BCUT2D eigenvalue weighted by molar-refractivity contribution is 6.17. The van der Waals surface area contributed by atoms with Crippen molar-refractivity contribution in [3.05, 3.63) is 53.2 Å². The molecule has 0 N–H and O–H groups in total. The molecule has 3 rings (SSSR count). The number of halogens is 3. The number of pyridine rings is 1. The molecule has 0 aliphatic carbocycles. The maximum Gasteiger partial charge on any atom is 0.170 e. The summed E-state index contributed by atoms with van der Waals surface area (Å²) in [6, 6.07) is 6.11. The van der Waals surface area contributed by atoms with Gasteiger partial charge in [0.1, 0.15) is 5.82 Å². The average molecular weight is 281 g/mol. The summed E-state index contributed by atoms with van der Waals surface area (Å²) in [6.07, 6.45) is 2.27. The zero-order valence-electron chi connectivity index (χ0n) is 10.0. The minimum atomic E-state index is -0.436. The summed E-state index contributed by atoms with van der Waals surface area (Å²) in [5, 5.41) is 0. The van der Waals surface area contributed by atoms with Gasteiger partial charge in [-0.1, -0.05) is 6.07 Å². The van der Waals surface area contributed by atoms with E-state index >= 15 is 0 Å². The number of alkyl halides is 1. The van der Waals surface area contributed by atoms with Crippen molar-refractivity contribution in [1.82, 2.24) is 4.98 Å². The van der Waals surface area contributed by atoms with Crippen molar-refractivity contribution in [2.24, 2.45) is 0 Å². The Morgan fingerprint density at radius 3 is 2.89 bits per heavy atom. The van der Waals surface area contributed by atoms with Crippen LogP contribution >= 0.6 is 11.6 Å². The van der Waals surface area contributed by atoms with E-state index < -0.39 is 5.82 Å². The fraction of sp³-hybridized carbons (Fsp3) is 0.214. The Hall–Kier alpha value is -1.68. The maximum atomic E-state index is 14.2. The lowest BCUT2D eigenvalue weighted by atomic mass is 10.1. The summed E-state index contributed by atoms with van der Waals surface area (Å²) in [6.45, 7) is 0.592. The van der Waals surface area contributed by atoms with E-state index in [4.69, 9.17) is 11.6 Å². The third-order valence-corrected chi connectivity index (χ3v) is 3.58. The molecule has 1 aliphatic rings. The van der Waals surface area contributed by atoms with E-state index in [2.05, 4.69) is 4.98 Å². The van der Waals surface area contributed by atoms with E-state index in [1.54, 1.807) is 17.0 Å². The van der Waals surface area contributed by atoms with Crippen LogP contribution < -0.4 is 4.90 Å². The smallest absolute Gasteiger partial charge is 0.170 e. The second-order valence-corrected chi connectivity index (χ2v) is 4.68. The van der Waals surface area contributed by atoms with Crippen LogP contribution in [0.3, 0.4) is 0 Å². The van der Waals surface area contributed by atoms with E-state index in [9.17, 15) is 8.78 Å². The van der Waals surface area contributed by atoms with Gasteiger partial charge in [0, 0.05) is 24.0 Å². The second-order valence-electron chi connectivity index (χ2n) is 4.42. The van der Waals surface area contributed by atoms with Gasteiger partial charge in [-0.25, -0.2) is 13.8 Å². The number of fused-ring (bicyclic) bond motifs is 1. The van der Waals surface area contributed by atoms with Crippen molar-refractivity contribution in [3.8, 4) is 0 Å². The highest BCUT2D eigenvalue weighted by atomic mass is 35.5. The molecule has 5 heteroatoms. The molecule has 0 bridgehead atoms. The van der Waals surface area contributed by atoms with Gasteiger partial charge >= 0.3 is 0 Å². The van der Waals surface area contributed by atoms with Crippen LogP contribution in [0.2, 0.25) is 0 Å². The predicted octanol–water partition coefficient (Wildman–Crippen LogP) is 3.79. The molecular formula is C14H11ClF2N2. The largest absolute Gasteiger partial charge is 0.323 e. The zero-order valence-corrected chi connectivity index (χ0v) is 10.8. The summed E-state index contributed by atoms with van der Waals surface area (Å²) in [5.74, 6) is -0.470. The molecule has 98 valence electrons. The van der Waals surface area contributed by atoms with Gasteiger partial charge in [-0.15, -0.1) is 11.6 Å². The Balaban J connectivity index is 2.09. The van der Waals surface area contributed by atoms with Crippen LogP contribution in [0.5, 0.6) is 0 Å². The van der Waals surface area contributed by atoms with Crippen LogP contribution in [0.25, 0.3) is 0 Å². The summed E-state index contributed by atoms with van der Waals surface area (Å²) >= 11 is 5.69. The highest BCUT2D eigenvalue weighted by Crippen LogP contribution is 2.35. The van der Waals surface area contributed by atoms with Crippen molar-refractivity contribution in [2.45, 2.75) is 12.3 Å². The average Bonchev–Trinajstić information content (AvgIpc) is 2.82. The van der Waals surface area contributed by atoms with Gasteiger partial charge in [0.05, 0.1) is 5.88 Å². The first-order valence-electron chi connectivity index (χ1n) is 5.96. The highest BCUT2D eigenvalue weighted by Gasteiger charge is 2.25.